The summed E-state index contributed by atoms with van der Waals surface area (Å²) in [4.78, 5) is 23.0. The molecule has 0 aromatic rings. The summed E-state index contributed by atoms with van der Waals surface area (Å²) in [6, 6.07) is 0. The lowest BCUT2D eigenvalue weighted by atomic mass is 10.1. The van der Waals surface area contributed by atoms with Crippen LogP contribution in [-0.2, 0) is 9.59 Å². The van der Waals surface area contributed by atoms with E-state index in [-0.39, 0.29) is 11.7 Å². The first-order valence-electron chi connectivity index (χ1n) is 10.6. The molecule has 4 nitrogen and oxygen atoms in total. The number of unbranched alkanes of at least 4 members (excludes halogenated alkanes) is 7. The van der Waals surface area contributed by atoms with E-state index >= 15 is 0 Å². The Balaban J connectivity index is 3.44. The Morgan fingerprint density at radius 2 is 1.50 bits per heavy atom. The maximum atomic E-state index is 11.8. The molecule has 0 aliphatic heterocycles. The standard InChI is InChI=1S/C22H42N2O2/c1-5-6-7-8-9-10-11-12-13-14-15-17-22(26)23-18-16-19-24(3,4)20-21(2)25/h8-9H,5-7,10-20H2,1-4H3/p+1/b9-8+. The SMILES string of the molecule is CCCC/C=C/CCCCCCCC(=O)NCCC[N+](C)(C)CC(C)=O. The fourth-order valence-corrected chi connectivity index (χ4v) is 3.14. The summed E-state index contributed by atoms with van der Waals surface area (Å²) in [6.07, 6.45) is 17.1. The number of allylic oxidation sites excluding steroid dienone is 2. The van der Waals surface area contributed by atoms with E-state index in [1.165, 1.54) is 44.9 Å². The molecule has 0 aliphatic rings. The summed E-state index contributed by atoms with van der Waals surface area (Å²) in [5, 5.41) is 3.00. The van der Waals surface area contributed by atoms with Crippen molar-refractivity contribution in [1.82, 2.24) is 5.32 Å². The van der Waals surface area contributed by atoms with Crippen LogP contribution in [0.25, 0.3) is 0 Å². The van der Waals surface area contributed by atoms with Gasteiger partial charge in [-0.25, -0.2) is 0 Å². The van der Waals surface area contributed by atoms with Crippen molar-refractivity contribution in [3.05, 3.63) is 12.2 Å². The predicted molar refractivity (Wildman–Crippen MR) is 111 cm³/mol. The van der Waals surface area contributed by atoms with Gasteiger partial charge in [-0.15, -0.1) is 0 Å². The Labute approximate surface area is 162 Å². The average Bonchev–Trinajstić information content (AvgIpc) is 2.55. The van der Waals surface area contributed by atoms with Gasteiger partial charge in [0, 0.05) is 26.3 Å². The van der Waals surface area contributed by atoms with Gasteiger partial charge < -0.3 is 9.80 Å². The zero-order valence-corrected chi connectivity index (χ0v) is 17.8. The van der Waals surface area contributed by atoms with Crippen LogP contribution in [0.3, 0.4) is 0 Å². The Hall–Kier alpha value is -1.16. The summed E-state index contributed by atoms with van der Waals surface area (Å²) < 4.78 is 0.693. The summed E-state index contributed by atoms with van der Waals surface area (Å²) >= 11 is 0. The zero-order chi connectivity index (χ0) is 19.7. The molecule has 0 bridgehead atoms. The van der Waals surface area contributed by atoms with E-state index in [1.54, 1.807) is 6.92 Å². The minimum atomic E-state index is 0.167. The van der Waals surface area contributed by atoms with Crippen molar-refractivity contribution in [2.75, 3.05) is 33.7 Å². The second-order valence-electron chi connectivity index (χ2n) is 8.14. The number of hydrogen-bond acceptors (Lipinski definition) is 2. The van der Waals surface area contributed by atoms with Crippen molar-refractivity contribution in [1.29, 1.82) is 0 Å². The number of amides is 1. The molecular formula is C22H43N2O2+. The number of hydrogen-bond donors (Lipinski definition) is 1. The van der Waals surface area contributed by atoms with Crippen LogP contribution in [0.4, 0.5) is 0 Å². The highest BCUT2D eigenvalue weighted by atomic mass is 16.1. The Bertz CT molecular complexity index is 403. The monoisotopic (exact) mass is 367 g/mol. The molecule has 0 rings (SSSR count). The lowest BCUT2D eigenvalue weighted by Crippen LogP contribution is -2.44. The molecule has 0 aromatic heterocycles. The second-order valence-corrected chi connectivity index (χ2v) is 8.14. The topological polar surface area (TPSA) is 46.2 Å². The largest absolute Gasteiger partial charge is 0.356 e. The van der Waals surface area contributed by atoms with E-state index in [9.17, 15) is 9.59 Å². The molecule has 0 heterocycles. The van der Waals surface area contributed by atoms with Gasteiger partial charge in [0.15, 0.2) is 5.78 Å². The van der Waals surface area contributed by atoms with Gasteiger partial charge in [-0.3, -0.25) is 9.59 Å². The van der Waals surface area contributed by atoms with Gasteiger partial charge in [0.05, 0.1) is 20.6 Å². The normalized spacial score (nSPS) is 11.8. The van der Waals surface area contributed by atoms with Crippen molar-refractivity contribution in [2.45, 2.75) is 84.5 Å². The molecule has 4 heteroatoms. The summed E-state index contributed by atoms with van der Waals surface area (Å²) in [5.41, 5.74) is 0. The van der Waals surface area contributed by atoms with Gasteiger partial charge in [-0.2, -0.15) is 0 Å². The third-order valence-corrected chi connectivity index (χ3v) is 4.58. The van der Waals surface area contributed by atoms with Crippen LogP contribution in [0.5, 0.6) is 0 Å². The smallest absolute Gasteiger partial charge is 0.219 e. The molecule has 0 aliphatic carbocycles. The highest BCUT2D eigenvalue weighted by Gasteiger charge is 2.16. The van der Waals surface area contributed by atoms with Gasteiger partial charge >= 0.3 is 0 Å². The van der Waals surface area contributed by atoms with Crippen LogP contribution in [-0.4, -0.2) is 49.9 Å². The molecule has 1 N–H and O–H groups in total. The van der Waals surface area contributed by atoms with Gasteiger partial charge in [0.2, 0.25) is 5.91 Å². The molecule has 0 radical (unpaired) electrons. The first-order chi connectivity index (χ1) is 12.4. The summed E-state index contributed by atoms with van der Waals surface area (Å²) in [5.74, 6) is 0.382. The van der Waals surface area contributed by atoms with Crippen molar-refractivity contribution in [3.63, 3.8) is 0 Å². The third kappa shape index (κ3) is 17.7. The Kier molecular flexibility index (Phi) is 15.3. The van der Waals surface area contributed by atoms with Crippen LogP contribution in [0, 0.1) is 0 Å². The van der Waals surface area contributed by atoms with Gasteiger partial charge in [-0.1, -0.05) is 51.2 Å². The van der Waals surface area contributed by atoms with E-state index in [2.05, 4.69) is 38.5 Å². The maximum absolute atomic E-state index is 11.8. The highest BCUT2D eigenvalue weighted by Crippen LogP contribution is 2.08. The first kappa shape index (κ1) is 24.8. The Morgan fingerprint density at radius 3 is 2.15 bits per heavy atom. The number of quaternary nitrogens is 1. The van der Waals surface area contributed by atoms with Gasteiger partial charge in [-0.05, 0) is 25.7 Å². The van der Waals surface area contributed by atoms with E-state index in [1.807, 2.05) is 0 Å². The number of nitrogens with zero attached hydrogens (tertiary/aromatic N) is 1. The van der Waals surface area contributed by atoms with Gasteiger partial charge in [0.1, 0.15) is 6.54 Å². The number of Topliss-reactive ketones (excluding diaryl/α,β-unsaturated/α-hetero) is 1. The van der Waals surface area contributed by atoms with E-state index < -0.39 is 0 Å². The maximum Gasteiger partial charge on any atom is 0.219 e. The minimum Gasteiger partial charge on any atom is -0.356 e. The van der Waals surface area contributed by atoms with E-state index in [4.69, 9.17) is 0 Å². The highest BCUT2D eigenvalue weighted by molar-refractivity contribution is 5.76. The molecule has 152 valence electrons. The van der Waals surface area contributed by atoms with Crippen LogP contribution < -0.4 is 5.32 Å². The summed E-state index contributed by atoms with van der Waals surface area (Å²) in [7, 11) is 4.12. The number of carbonyl (C=O) groups excluding carboxylic acids is 2. The van der Waals surface area contributed by atoms with Gasteiger partial charge in [0.25, 0.3) is 0 Å². The molecule has 26 heavy (non-hydrogen) atoms. The van der Waals surface area contributed by atoms with Crippen molar-refractivity contribution < 1.29 is 14.1 Å². The fraction of sp³-hybridized carbons (Fsp3) is 0.818. The molecular weight excluding hydrogens is 324 g/mol. The average molecular weight is 368 g/mol. The first-order valence-corrected chi connectivity index (χ1v) is 10.6. The number of nitrogens with one attached hydrogen (secondary N) is 1. The number of ketones is 1. The minimum absolute atomic E-state index is 0.167. The van der Waals surface area contributed by atoms with Crippen LogP contribution in [0.1, 0.15) is 84.5 Å². The molecule has 0 saturated carbocycles. The molecule has 0 spiro atoms. The second kappa shape index (κ2) is 16.0. The number of likely N-dealkylation sites (N-methyl/N-ethyl adjacent to an activating group) is 1. The molecule has 0 unspecified atom stereocenters. The van der Waals surface area contributed by atoms with Crippen molar-refractivity contribution >= 4 is 11.7 Å². The quantitative estimate of drug-likeness (QED) is 0.231. The van der Waals surface area contributed by atoms with Crippen LogP contribution in [0.2, 0.25) is 0 Å². The number of rotatable bonds is 17. The molecule has 0 aromatic carbocycles. The van der Waals surface area contributed by atoms with Crippen molar-refractivity contribution in [2.24, 2.45) is 0 Å². The molecule has 0 saturated heterocycles. The Morgan fingerprint density at radius 1 is 0.885 bits per heavy atom. The van der Waals surface area contributed by atoms with Crippen LogP contribution >= 0.6 is 0 Å². The molecule has 1 amide bonds. The lowest BCUT2D eigenvalue weighted by molar-refractivity contribution is -0.882. The van der Waals surface area contributed by atoms with Crippen LogP contribution in [0.15, 0.2) is 12.2 Å². The number of carbonyl (C=O) groups is 2. The molecule has 0 fully saturated rings. The molecule has 0 atom stereocenters. The predicted octanol–water partition coefficient (Wildman–Crippen LogP) is 4.64. The fourth-order valence-electron chi connectivity index (χ4n) is 3.14. The summed E-state index contributed by atoms with van der Waals surface area (Å²) in [6.45, 7) is 6.04. The van der Waals surface area contributed by atoms with Crippen molar-refractivity contribution in [3.8, 4) is 0 Å². The lowest BCUT2D eigenvalue weighted by Gasteiger charge is -2.28. The zero-order valence-electron chi connectivity index (χ0n) is 17.8. The van der Waals surface area contributed by atoms with E-state index in [0.717, 1.165) is 25.8 Å². The van der Waals surface area contributed by atoms with E-state index in [0.29, 0.717) is 24.0 Å². The third-order valence-electron chi connectivity index (χ3n) is 4.58.